The molecule has 1 fully saturated rings. The summed E-state index contributed by atoms with van der Waals surface area (Å²) in [6.07, 6.45) is 2.15. The highest BCUT2D eigenvalue weighted by Crippen LogP contribution is 2.36. The lowest BCUT2D eigenvalue weighted by atomic mass is 10.2. The molecular weight excluding hydrogens is 428 g/mol. The Labute approximate surface area is 141 Å². The van der Waals surface area contributed by atoms with Crippen molar-refractivity contribution >= 4 is 53.2 Å². The van der Waals surface area contributed by atoms with Gasteiger partial charge in [-0.2, -0.15) is 4.31 Å². The van der Waals surface area contributed by atoms with Gasteiger partial charge in [0.15, 0.2) is 0 Å². The molecule has 1 aliphatic heterocycles. The molecule has 0 spiro atoms. The predicted octanol–water partition coefficient (Wildman–Crippen LogP) is 3.42. The lowest BCUT2D eigenvalue weighted by Gasteiger charge is -2.28. The fraction of sp³-hybridized carbons (Fsp3) is 0.667. The van der Waals surface area contributed by atoms with E-state index in [2.05, 4.69) is 37.2 Å². The molecule has 0 aliphatic carbocycles. The van der Waals surface area contributed by atoms with Gasteiger partial charge in [0, 0.05) is 18.6 Å². The Balaban J connectivity index is 2.29. The van der Waals surface area contributed by atoms with Crippen LogP contribution in [-0.2, 0) is 10.0 Å². The molecule has 1 aromatic rings. The molecule has 2 rings (SSSR count). The minimum atomic E-state index is -3.47. The Morgan fingerprint density at radius 2 is 2.20 bits per heavy atom. The first-order chi connectivity index (χ1) is 9.32. The van der Waals surface area contributed by atoms with Crippen molar-refractivity contribution < 1.29 is 8.42 Å². The number of sulfonamides is 1. The summed E-state index contributed by atoms with van der Waals surface area (Å²) >= 11 is 8.07. The van der Waals surface area contributed by atoms with Crippen LogP contribution in [0.5, 0.6) is 0 Å². The molecule has 2 heterocycles. The molecule has 1 atom stereocenters. The van der Waals surface area contributed by atoms with Crippen molar-refractivity contribution in [2.75, 3.05) is 13.1 Å². The van der Waals surface area contributed by atoms with E-state index in [1.807, 2.05) is 13.8 Å². The maximum atomic E-state index is 12.8. The Morgan fingerprint density at radius 1 is 1.50 bits per heavy atom. The first kappa shape index (κ1) is 16.9. The molecule has 1 N–H and O–H groups in total. The molecule has 8 heteroatoms. The number of nitrogens with one attached hydrogen (secondary N) is 1. The number of hydrogen-bond acceptors (Lipinski definition) is 4. The Kier molecular flexibility index (Phi) is 5.70. The quantitative estimate of drug-likeness (QED) is 0.755. The summed E-state index contributed by atoms with van der Waals surface area (Å²) in [7, 11) is -3.47. The second kappa shape index (κ2) is 6.75. The molecule has 0 radical (unpaired) electrons. The van der Waals surface area contributed by atoms with Crippen molar-refractivity contribution in [1.29, 1.82) is 0 Å². The molecule has 1 aliphatic rings. The van der Waals surface area contributed by atoms with Crippen molar-refractivity contribution in [2.24, 2.45) is 0 Å². The average molecular weight is 446 g/mol. The Morgan fingerprint density at radius 3 is 2.65 bits per heavy atom. The lowest BCUT2D eigenvalue weighted by molar-refractivity contribution is 0.322. The van der Waals surface area contributed by atoms with Crippen LogP contribution in [-0.4, -0.2) is 37.9 Å². The Hall–Kier alpha value is 0.530. The minimum Gasteiger partial charge on any atom is -0.313 e. The molecule has 0 aromatic carbocycles. The van der Waals surface area contributed by atoms with Crippen LogP contribution in [0, 0.1) is 0 Å². The second-order valence-corrected chi connectivity index (χ2v) is 10.8. The highest BCUT2D eigenvalue weighted by atomic mass is 79.9. The fourth-order valence-electron chi connectivity index (χ4n) is 2.34. The molecule has 4 nitrogen and oxygen atoms in total. The average Bonchev–Trinajstić information content (AvgIpc) is 2.95. The molecule has 1 aromatic heterocycles. The van der Waals surface area contributed by atoms with Gasteiger partial charge in [-0.25, -0.2) is 8.42 Å². The van der Waals surface area contributed by atoms with Gasteiger partial charge >= 0.3 is 0 Å². The standard InChI is InChI=1S/C12H18Br2N2O2S2/c1-8(2)16(7-9-4-3-5-15-9)20(17,18)10-6-11(13)19-12(10)14/h6,8-9,15H,3-5,7H2,1-2H3. The van der Waals surface area contributed by atoms with Gasteiger partial charge in [-0.15, -0.1) is 11.3 Å². The van der Waals surface area contributed by atoms with E-state index in [1.165, 1.54) is 11.3 Å². The van der Waals surface area contributed by atoms with E-state index in [-0.39, 0.29) is 12.1 Å². The number of nitrogens with zero attached hydrogens (tertiary/aromatic N) is 1. The predicted molar refractivity (Wildman–Crippen MR) is 89.8 cm³/mol. The SMILES string of the molecule is CC(C)N(CC1CCCN1)S(=O)(=O)c1cc(Br)sc1Br. The smallest absolute Gasteiger partial charge is 0.245 e. The summed E-state index contributed by atoms with van der Waals surface area (Å²) < 4.78 is 28.8. The molecule has 114 valence electrons. The van der Waals surface area contributed by atoms with Crippen molar-refractivity contribution in [2.45, 2.75) is 43.7 Å². The van der Waals surface area contributed by atoms with Gasteiger partial charge in [0.05, 0.1) is 7.57 Å². The van der Waals surface area contributed by atoms with Crippen LogP contribution < -0.4 is 5.32 Å². The first-order valence-corrected chi connectivity index (χ1v) is 10.4. The van der Waals surface area contributed by atoms with E-state index >= 15 is 0 Å². The van der Waals surface area contributed by atoms with Crippen LogP contribution in [0.4, 0.5) is 0 Å². The maximum Gasteiger partial charge on any atom is 0.245 e. The lowest BCUT2D eigenvalue weighted by Crippen LogP contribution is -2.44. The van der Waals surface area contributed by atoms with Gasteiger partial charge < -0.3 is 5.32 Å². The van der Waals surface area contributed by atoms with Crippen molar-refractivity contribution in [1.82, 2.24) is 9.62 Å². The second-order valence-electron chi connectivity index (χ2n) is 5.15. The molecule has 0 saturated carbocycles. The number of rotatable bonds is 5. The van der Waals surface area contributed by atoms with Crippen LogP contribution >= 0.6 is 43.2 Å². The molecule has 1 saturated heterocycles. The van der Waals surface area contributed by atoms with Crippen LogP contribution in [0.2, 0.25) is 0 Å². The van der Waals surface area contributed by atoms with Gasteiger partial charge in [0.25, 0.3) is 0 Å². The summed E-state index contributed by atoms with van der Waals surface area (Å²) in [6, 6.07) is 1.86. The summed E-state index contributed by atoms with van der Waals surface area (Å²) in [5, 5.41) is 3.36. The largest absolute Gasteiger partial charge is 0.313 e. The van der Waals surface area contributed by atoms with Gasteiger partial charge in [-0.3, -0.25) is 0 Å². The zero-order valence-corrected chi connectivity index (χ0v) is 16.2. The Bertz CT molecular complexity index is 566. The zero-order chi connectivity index (χ0) is 14.9. The summed E-state index contributed by atoms with van der Waals surface area (Å²) in [6.45, 7) is 5.34. The van der Waals surface area contributed by atoms with Crippen LogP contribution in [0.25, 0.3) is 0 Å². The highest BCUT2D eigenvalue weighted by Gasteiger charge is 2.32. The summed E-state index contributed by atoms with van der Waals surface area (Å²) in [5.41, 5.74) is 0. The molecule has 20 heavy (non-hydrogen) atoms. The molecular formula is C12H18Br2N2O2S2. The van der Waals surface area contributed by atoms with Crippen LogP contribution in [0.3, 0.4) is 0 Å². The zero-order valence-electron chi connectivity index (χ0n) is 11.4. The van der Waals surface area contributed by atoms with Crippen LogP contribution in [0.1, 0.15) is 26.7 Å². The number of halogens is 2. The number of thiophene rings is 1. The van der Waals surface area contributed by atoms with Gasteiger partial charge in [0.2, 0.25) is 10.0 Å². The third kappa shape index (κ3) is 3.64. The van der Waals surface area contributed by atoms with Crippen molar-refractivity contribution in [3.63, 3.8) is 0 Å². The van der Waals surface area contributed by atoms with E-state index in [9.17, 15) is 8.42 Å². The maximum absolute atomic E-state index is 12.8. The van der Waals surface area contributed by atoms with Gasteiger partial charge in [0.1, 0.15) is 4.90 Å². The topological polar surface area (TPSA) is 49.4 Å². The van der Waals surface area contributed by atoms with E-state index < -0.39 is 10.0 Å². The monoisotopic (exact) mass is 444 g/mol. The van der Waals surface area contributed by atoms with Crippen LogP contribution in [0.15, 0.2) is 18.5 Å². The molecule has 0 amide bonds. The normalized spacial score (nSPS) is 20.2. The minimum absolute atomic E-state index is 0.0621. The summed E-state index contributed by atoms with van der Waals surface area (Å²) in [5.74, 6) is 0. The number of hydrogen-bond donors (Lipinski definition) is 1. The van der Waals surface area contributed by atoms with E-state index in [0.29, 0.717) is 15.2 Å². The third-order valence-electron chi connectivity index (χ3n) is 3.35. The van der Waals surface area contributed by atoms with Gasteiger partial charge in [-0.1, -0.05) is 0 Å². The first-order valence-electron chi connectivity index (χ1n) is 6.52. The van der Waals surface area contributed by atoms with Crippen molar-refractivity contribution in [3.05, 3.63) is 13.6 Å². The highest BCUT2D eigenvalue weighted by molar-refractivity contribution is 9.12. The van der Waals surface area contributed by atoms with Gasteiger partial charge in [-0.05, 0) is 71.2 Å². The third-order valence-corrected chi connectivity index (χ3v) is 8.15. The van der Waals surface area contributed by atoms with Crippen molar-refractivity contribution in [3.8, 4) is 0 Å². The van der Waals surface area contributed by atoms with E-state index in [1.54, 1.807) is 10.4 Å². The van der Waals surface area contributed by atoms with E-state index in [4.69, 9.17) is 0 Å². The molecule has 1 unspecified atom stereocenters. The fourth-order valence-corrected chi connectivity index (χ4v) is 7.79. The summed E-state index contributed by atoms with van der Waals surface area (Å²) in [4.78, 5) is 0.348. The molecule has 0 bridgehead atoms. The van der Waals surface area contributed by atoms with E-state index in [0.717, 1.165) is 23.2 Å².